The summed E-state index contributed by atoms with van der Waals surface area (Å²) in [6, 6.07) is 0. The second-order valence-corrected chi connectivity index (χ2v) is 2.96. The summed E-state index contributed by atoms with van der Waals surface area (Å²) < 4.78 is 23.1. The van der Waals surface area contributed by atoms with Gasteiger partial charge >= 0.3 is 0 Å². The molecule has 0 saturated heterocycles. The minimum absolute atomic E-state index is 0.00579. The third-order valence-electron chi connectivity index (χ3n) is 1.88. The summed E-state index contributed by atoms with van der Waals surface area (Å²) in [5.41, 5.74) is 0. The third kappa shape index (κ3) is 2.44. The van der Waals surface area contributed by atoms with E-state index in [0.29, 0.717) is 5.92 Å². The van der Waals surface area contributed by atoms with Crippen LogP contribution < -0.4 is 5.32 Å². The number of carbonyl (C=O) groups is 1. The molecule has 0 aromatic rings. The van der Waals surface area contributed by atoms with Crippen molar-refractivity contribution in [2.45, 2.75) is 19.8 Å². The summed E-state index contributed by atoms with van der Waals surface area (Å²) >= 11 is 0. The van der Waals surface area contributed by atoms with Crippen molar-refractivity contribution in [3.63, 3.8) is 0 Å². The summed E-state index contributed by atoms with van der Waals surface area (Å²) in [4.78, 5) is 10.9. The van der Waals surface area contributed by atoms with Crippen molar-refractivity contribution in [3.05, 3.63) is 0 Å². The monoisotopic (exact) mass is 163 g/mol. The molecule has 2 nitrogen and oxygen atoms in total. The highest BCUT2D eigenvalue weighted by atomic mass is 19.3. The van der Waals surface area contributed by atoms with Crippen LogP contribution in [0, 0.1) is 11.8 Å². The van der Waals surface area contributed by atoms with Gasteiger partial charge in [-0.3, -0.25) is 4.79 Å². The molecule has 1 aliphatic carbocycles. The highest BCUT2D eigenvalue weighted by molar-refractivity contribution is 5.81. The molecule has 1 fully saturated rings. The number of hydrogen-bond acceptors (Lipinski definition) is 1. The summed E-state index contributed by atoms with van der Waals surface area (Å²) in [6.45, 7) is 1.43. The van der Waals surface area contributed by atoms with E-state index in [2.05, 4.69) is 5.32 Å². The van der Waals surface area contributed by atoms with E-state index in [-0.39, 0.29) is 11.8 Å². The maximum atomic E-state index is 11.6. The number of hydrogen-bond donors (Lipinski definition) is 1. The fourth-order valence-electron chi connectivity index (χ4n) is 0.996. The molecule has 0 aromatic heterocycles. The lowest BCUT2D eigenvalue weighted by Crippen LogP contribution is -2.30. The topological polar surface area (TPSA) is 29.1 Å². The molecule has 2 atom stereocenters. The van der Waals surface area contributed by atoms with Crippen LogP contribution >= 0.6 is 0 Å². The Morgan fingerprint density at radius 3 is 2.64 bits per heavy atom. The molecule has 4 heteroatoms. The lowest BCUT2D eigenvalue weighted by molar-refractivity contribution is -0.123. The van der Waals surface area contributed by atoms with E-state index in [1.165, 1.54) is 0 Å². The normalized spacial score (nSPS) is 28.7. The molecule has 1 N–H and O–H groups in total. The molecule has 0 radical (unpaired) electrons. The Hall–Kier alpha value is -0.670. The summed E-state index contributed by atoms with van der Waals surface area (Å²) in [5, 5.41) is 2.19. The highest BCUT2D eigenvalue weighted by Gasteiger charge is 2.38. The molecule has 64 valence electrons. The van der Waals surface area contributed by atoms with Crippen molar-refractivity contribution in [2.75, 3.05) is 6.54 Å². The van der Waals surface area contributed by atoms with Gasteiger partial charge in [0.05, 0.1) is 6.54 Å². The maximum absolute atomic E-state index is 11.6. The van der Waals surface area contributed by atoms with E-state index >= 15 is 0 Å². The minimum Gasteiger partial charge on any atom is -0.350 e. The Bertz CT molecular complexity index is 161. The Labute approximate surface area is 64.0 Å². The largest absolute Gasteiger partial charge is 0.350 e. The van der Waals surface area contributed by atoms with Crippen molar-refractivity contribution in [3.8, 4) is 0 Å². The predicted molar refractivity (Wildman–Crippen MR) is 36.3 cm³/mol. The average molecular weight is 163 g/mol. The van der Waals surface area contributed by atoms with Crippen molar-refractivity contribution >= 4 is 5.91 Å². The van der Waals surface area contributed by atoms with Crippen LogP contribution in [0.2, 0.25) is 0 Å². The minimum atomic E-state index is -2.44. The lowest BCUT2D eigenvalue weighted by Gasteiger charge is -2.01. The molecule has 0 spiro atoms. The van der Waals surface area contributed by atoms with Crippen molar-refractivity contribution in [1.82, 2.24) is 5.32 Å². The molecular formula is C7H11F2NO. The SMILES string of the molecule is C[C@H]1C[C@@H]1C(=O)NCC(F)F. The van der Waals surface area contributed by atoms with Gasteiger partial charge in [-0.15, -0.1) is 0 Å². The number of halogens is 2. The molecule has 0 heterocycles. The second-order valence-electron chi connectivity index (χ2n) is 2.96. The van der Waals surface area contributed by atoms with Gasteiger partial charge in [-0.1, -0.05) is 6.92 Å². The van der Waals surface area contributed by atoms with Gasteiger partial charge in [0.15, 0.2) is 0 Å². The second kappa shape index (κ2) is 3.15. The van der Waals surface area contributed by atoms with E-state index in [1.807, 2.05) is 6.92 Å². The molecule has 1 amide bonds. The molecule has 1 aliphatic rings. The summed E-state index contributed by atoms with van der Waals surface area (Å²) in [6.07, 6.45) is -1.59. The smallest absolute Gasteiger partial charge is 0.255 e. The molecule has 1 rings (SSSR count). The van der Waals surface area contributed by atoms with Gasteiger partial charge < -0.3 is 5.32 Å². The zero-order chi connectivity index (χ0) is 8.43. The zero-order valence-corrected chi connectivity index (χ0v) is 6.31. The first-order chi connectivity index (χ1) is 5.11. The maximum Gasteiger partial charge on any atom is 0.255 e. The fourth-order valence-corrected chi connectivity index (χ4v) is 0.996. The molecule has 0 aromatic carbocycles. The van der Waals surface area contributed by atoms with E-state index in [9.17, 15) is 13.6 Å². The van der Waals surface area contributed by atoms with Crippen LogP contribution in [0.3, 0.4) is 0 Å². The van der Waals surface area contributed by atoms with Crippen molar-refractivity contribution in [2.24, 2.45) is 11.8 Å². The molecule has 0 bridgehead atoms. The van der Waals surface area contributed by atoms with Gasteiger partial charge in [0, 0.05) is 5.92 Å². The van der Waals surface area contributed by atoms with Crippen molar-refractivity contribution < 1.29 is 13.6 Å². The zero-order valence-electron chi connectivity index (χ0n) is 6.31. The van der Waals surface area contributed by atoms with Gasteiger partial charge in [0.1, 0.15) is 0 Å². The molecular weight excluding hydrogens is 152 g/mol. The number of carbonyl (C=O) groups excluding carboxylic acids is 1. The molecule has 1 saturated carbocycles. The Balaban J connectivity index is 2.12. The van der Waals surface area contributed by atoms with Crippen LogP contribution in [0.15, 0.2) is 0 Å². The van der Waals surface area contributed by atoms with Crippen LogP contribution in [0.4, 0.5) is 8.78 Å². The molecule has 0 aliphatic heterocycles. The lowest BCUT2D eigenvalue weighted by atomic mass is 10.3. The number of alkyl halides is 2. The number of nitrogens with one attached hydrogen (secondary N) is 1. The van der Waals surface area contributed by atoms with E-state index in [1.54, 1.807) is 0 Å². The van der Waals surface area contributed by atoms with E-state index in [0.717, 1.165) is 6.42 Å². The molecule has 0 unspecified atom stereocenters. The average Bonchev–Trinajstić information content (AvgIpc) is 2.61. The first-order valence-corrected chi connectivity index (χ1v) is 3.67. The standard InChI is InChI=1S/C7H11F2NO/c1-4-2-5(4)7(11)10-3-6(8)9/h4-6H,2-3H2,1H3,(H,10,11)/t4-,5-/m0/s1. The number of rotatable bonds is 3. The quantitative estimate of drug-likeness (QED) is 0.661. The van der Waals surface area contributed by atoms with Gasteiger partial charge in [-0.2, -0.15) is 0 Å². The van der Waals surface area contributed by atoms with Crippen molar-refractivity contribution in [1.29, 1.82) is 0 Å². The summed E-state index contributed by atoms with van der Waals surface area (Å²) in [5.74, 6) is 0.152. The van der Waals surface area contributed by atoms with Crippen LogP contribution in [0.1, 0.15) is 13.3 Å². The van der Waals surface area contributed by atoms with Crippen LogP contribution in [-0.4, -0.2) is 18.9 Å². The van der Waals surface area contributed by atoms with Crippen LogP contribution in [0.25, 0.3) is 0 Å². The van der Waals surface area contributed by atoms with Gasteiger partial charge in [0.25, 0.3) is 6.43 Å². The number of amides is 1. The van der Waals surface area contributed by atoms with E-state index in [4.69, 9.17) is 0 Å². The fraction of sp³-hybridized carbons (Fsp3) is 0.857. The van der Waals surface area contributed by atoms with E-state index < -0.39 is 13.0 Å². The van der Waals surface area contributed by atoms with Gasteiger partial charge in [-0.05, 0) is 12.3 Å². The predicted octanol–water partition coefficient (Wildman–Crippen LogP) is 1.02. The van der Waals surface area contributed by atoms with Crippen LogP contribution in [0.5, 0.6) is 0 Å². The Morgan fingerprint density at radius 1 is 1.73 bits per heavy atom. The molecule has 11 heavy (non-hydrogen) atoms. The van der Waals surface area contributed by atoms with Gasteiger partial charge in [0.2, 0.25) is 5.91 Å². The first kappa shape index (κ1) is 8.43. The third-order valence-corrected chi connectivity index (χ3v) is 1.88. The summed E-state index contributed by atoms with van der Waals surface area (Å²) in [7, 11) is 0. The first-order valence-electron chi connectivity index (χ1n) is 3.67. The highest BCUT2D eigenvalue weighted by Crippen LogP contribution is 2.37. The Morgan fingerprint density at radius 2 is 2.27 bits per heavy atom. The Kier molecular flexibility index (Phi) is 2.42. The van der Waals surface area contributed by atoms with Gasteiger partial charge in [-0.25, -0.2) is 8.78 Å². The van der Waals surface area contributed by atoms with Crippen LogP contribution in [-0.2, 0) is 4.79 Å².